The summed E-state index contributed by atoms with van der Waals surface area (Å²) in [6, 6.07) is 107. The van der Waals surface area contributed by atoms with Gasteiger partial charge in [0.1, 0.15) is 22.3 Å². The minimum Gasteiger partial charge on any atom is -0.456 e. The Morgan fingerprint density at radius 3 is 1.13 bits per heavy atom. The van der Waals surface area contributed by atoms with Crippen molar-refractivity contribution in [1.29, 1.82) is 0 Å². The van der Waals surface area contributed by atoms with Gasteiger partial charge in [0.25, 0.3) is 0 Å². The van der Waals surface area contributed by atoms with Gasteiger partial charge in [-0.2, -0.15) is 0 Å². The lowest BCUT2D eigenvalue weighted by molar-refractivity contribution is 0.0558. The first kappa shape index (κ1) is 110. The number of rotatable bonds is 13. The van der Waals surface area contributed by atoms with Crippen molar-refractivity contribution in [2.24, 2.45) is 5.92 Å². The number of thioether (sulfide) groups is 1. The smallest absolute Gasteiger partial charge is 0.136 e. The summed E-state index contributed by atoms with van der Waals surface area (Å²) in [5.41, 5.74) is 33.0. The molecular weight excluding hydrogens is 1820 g/mol. The van der Waals surface area contributed by atoms with Crippen LogP contribution in [0.15, 0.2) is 341 Å². The lowest BCUT2D eigenvalue weighted by Gasteiger charge is -2.53. The van der Waals surface area contributed by atoms with Gasteiger partial charge in [-0.15, -0.1) is 11.8 Å². The molecule has 4 aliphatic rings. The molecule has 0 amide bonds. The Kier molecular flexibility index (Phi) is 31.1. The standard InChI is InChI=1S/2C29H35NO.C29H37N.C27H35N.C26H31NS/c1-19(2)30(29(6,7)8)27-21(15-11-16-23(27)28(3,4)5)20-14-12-18-25-26(20)22-13-9-10-17-24(22)31-25;1-19(2)30(29(6,7)8)27-21(13-11-14-24(27)28(3,4)5)20-16-17-26-23(18-20)22-12-9-10-15-25(22)31-26;1-27(2,3)30(28(4,5)6)24-19-18-21(20-14-10-9-11-15-20)25-22-16-12-13-17-23(22)29(7,8)26(24)25;1-19(2)28(27(6,7)8)25-23(17-12-18-24(25)26(3,4)5)22-16-11-14-20-13-9-10-15-21(20)22;1-25(2,3)27(26(4,5)6)21-17-16-19(18-12-8-7-9-13-18)23-20-14-10-11-15-22(20)28-24(21)23/h2*9-19H,1-8H3;9-19,25-26H,1-8H3;9-19H,1-8H3;7-17,23-24H,1-6H3. The van der Waals surface area contributed by atoms with Crippen LogP contribution >= 0.6 is 11.8 Å². The van der Waals surface area contributed by atoms with Crippen LogP contribution in [0.5, 0.6) is 0 Å². The van der Waals surface area contributed by atoms with Gasteiger partial charge in [0.2, 0.25) is 0 Å². The number of hydrogen-bond donors (Lipinski definition) is 0. The first-order valence-electron chi connectivity index (χ1n) is 54.6. The second-order valence-corrected chi connectivity index (χ2v) is 54.4. The predicted octanol–water partition coefficient (Wildman–Crippen LogP) is 39.6. The Labute approximate surface area is 895 Å². The lowest BCUT2D eigenvalue weighted by atomic mass is 9.68. The van der Waals surface area contributed by atoms with Crippen LogP contribution in [0.4, 0.5) is 17.1 Å². The van der Waals surface area contributed by atoms with E-state index in [1.165, 1.54) is 155 Å². The second kappa shape index (κ2) is 41.8. The van der Waals surface area contributed by atoms with Gasteiger partial charge in [0, 0.05) is 146 Å². The van der Waals surface area contributed by atoms with Gasteiger partial charge in [-0.05, 0) is 340 Å². The van der Waals surface area contributed by atoms with Crippen LogP contribution in [-0.4, -0.2) is 71.9 Å². The normalized spacial score (nSPS) is 16.4. The van der Waals surface area contributed by atoms with Gasteiger partial charge in [0.05, 0.1) is 5.25 Å². The summed E-state index contributed by atoms with van der Waals surface area (Å²) in [5, 5.41) is 7.73. The highest BCUT2D eigenvalue weighted by Gasteiger charge is 2.54. The van der Waals surface area contributed by atoms with Crippen molar-refractivity contribution in [3.05, 3.63) is 371 Å². The molecule has 13 aromatic carbocycles. The van der Waals surface area contributed by atoms with Crippen LogP contribution in [0, 0.1) is 5.92 Å². The van der Waals surface area contributed by atoms with Crippen molar-refractivity contribution in [2.75, 3.05) is 14.7 Å². The van der Waals surface area contributed by atoms with Crippen molar-refractivity contribution in [1.82, 2.24) is 9.80 Å². The van der Waals surface area contributed by atoms with E-state index in [-0.39, 0.29) is 60.4 Å². The molecular formula is C140H173N5O2S. The molecule has 3 heterocycles. The number of anilines is 3. The molecule has 0 N–H and O–H groups in total. The summed E-state index contributed by atoms with van der Waals surface area (Å²) in [5.74, 6) is 1.19. The number of hydrogen-bond acceptors (Lipinski definition) is 8. The topological polar surface area (TPSA) is 42.5 Å². The minimum absolute atomic E-state index is 0.00327. The van der Waals surface area contributed by atoms with E-state index in [9.17, 15) is 0 Å². The van der Waals surface area contributed by atoms with Gasteiger partial charge in [-0.1, -0.05) is 343 Å². The van der Waals surface area contributed by atoms with Crippen LogP contribution in [0.2, 0.25) is 0 Å². The summed E-state index contributed by atoms with van der Waals surface area (Å²) < 4.78 is 12.3. The number of para-hydroxylation sites is 5. The molecule has 15 aromatic rings. The lowest BCUT2D eigenvalue weighted by Crippen LogP contribution is -2.54. The average Bonchev–Trinajstić information content (AvgIpc) is 1.54. The van der Waals surface area contributed by atoms with Gasteiger partial charge in [-0.25, -0.2) is 0 Å². The van der Waals surface area contributed by atoms with Crippen LogP contribution < -0.4 is 14.7 Å². The summed E-state index contributed by atoms with van der Waals surface area (Å²) in [4.78, 5) is 14.5. The summed E-state index contributed by atoms with van der Waals surface area (Å²) in [7, 11) is 0. The van der Waals surface area contributed by atoms with Crippen LogP contribution in [0.25, 0.3) is 99.2 Å². The molecule has 2 aromatic heterocycles. The first-order chi connectivity index (χ1) is 69.1. The van der Waals surface area contributed by atoms with Gasteiger partial charge in [-0.3, -0.25) is 0 Å². The number of furan rings is 2. The molecule has 0 bridgehead atoms. The van der Waals surface area contributed by atoms with Crippen molar-refractivity contribution < 1.29 is 8.83 Å². The molecule has 776 valence electrons. The Morgan fingerprint density at radius 1 is 0.277 bits per heavy atom. The van der Waals surface area contributed by atoms with E-state index in [4.69, 9.17) is 8.83 Å². The molecule has 148 heavy (non-hydrogen) atoms. The third-order valence-electron chi connectivity index (χ3n) is 29.9. The Hall–Kier alpha value is -12.0. The molecule has 1 aliphatic heterocycles. The molecule has 0 saturated carbocycles. The van der Waals surface area contributed by atoms with Gasteiger partial charge in [0.15, 0.2) is 0 Å². The highest BCUT2D eigenvalue weighted by atomic mass is 32.2. The zero-order valence-electron chi connectivity index (χ0n) is 97.0. The fraction of sp³-hybridized carbons (Fsp3) is 0.400. The highest BCUT2D eigenvalue weighted by Crippen LogP contribution is 2.63. The highest BCUT2D eigenvalue weighted by molar-refractivity contribution is 8.00. The Balaban J connectivity index is 0.000000139. The molecule has 4 unspecified atom stereocenters. The zero-order valence-corrected chi connectivity index (χ0v) is 97.8. The van der Waals surface area contributed by atoms with Crippen molar-refractivity contribution in [2.45, 2.75) is 364 Å². The molecule has 3 aliphatic carbocycles. The van der Waals surface area contributed by atoms with Crippen molar-refractivity contribution in [3.8, 4) is 33.4 Å². The molecule has 7 nitrogen and oxygen atoms in total. The Bertz CT molecular complexity index is 7360. The molecule has 0 radical (unpaired) electrons. The van der Waals surface area contributed by atoms with Crippen LogP contribution in [0.1, 0.15) is 319 Å². The molecule has 4 atom stereocenters. The zero-order chi connectivity index (χ0) is 108. The third kappa shape index (κ3) is 22.6. The van der Waals surface area contributed by atoms with Crippen LogP contribution in [0.3, 0.4) is 0 Å². The fourth-order valence-corrected chi connectivity index (χ4v) is 27.2. The first-order valence-corrected chi connectivity index (χ1v) is 55.5. The number of benzene rings is 13. The van der Waals surface area contributed by atoms with E-state index < -0.39 is 0 Å². The van der Waals surface area contributed by atoms with E-state index in [1.54, 1.807) is 0 Å². The maximum Gasteiger partial charge on any atom is 0.136 e. The van der Waals surface area contributed by atoms with Crippen molar-refractivity contribution >= 4 is 94.6 Å². The number of fused-ring (bicyclic) bond motifs is 13. The van der Waals surface area contributed by atoms with Crippen LogP contribution in [-0.2, 0) is 21.7 Å². The maximum absolute atomic E-state index is 6.21. The molecule has 0 spiro atoms. The average molecular weight is 1990 g/mol. The van der Waals surface area contributed by atoms with E-state index in [1.807, 2.05) is 30.0 Å². The molecule has 0 fully saturated rings. The second-order valence-electron chi connectivity index (χ2n) is 53.2. The predicted molar refractivity (Wildman–Crippen MR) is 648 cm³/mol. The molecule has 0 saturated heterocycles. The quantitative estimate of drug-likeness (QED) is 0.113. The fourth-order valence-electron chi connectivity index (χ4n) is 25.7. The van der Waals surface area contributed by atoms with E-state index in [2.05, 4.69) is 585 Å². The van der Waals surface area contributed by atoms with E-state index in [0.29, 0.717) is 41.1 Å². The third-order valence-corrected chi connectivity index (χ3v) is 31.3. The number of allylic oxidation sites excluding steroid dienone is 7. The monoisotopic (exact) mass is 1990 g/mol. The van der Waals surface area contributed by atoms with Gasteiger partial charge < -0.3 is 33.3 Å². The Morgan fingerprint density at radius 2 is 0.635 bits per heavy atom. The minimum atomic E-state index is -0.0172. The molecule has 19 rings (SSSR count). The van der Waals surface area contributed by atoms with Gasteiger partial charge >= 0.3 is 0 Å². The largest absolute Gasteiger partial charge is 0.456 e. The van der Waals surface area contributed by atoms with E-state index in [0.717, 1.165) is 22.3 Å². The maximum atomic E-state index is 6.21. The van der Waals surface area contributed by atoms with E-state index >= 15 is 0 Å². The van der Waals surface area contributed by atoms with Crippen molar-refractivity contribution in [3.63, 3.8) is 0 Å². The SMILES string of the molecule is CC(C)(C)N(C1=CC=C(c2ccccc2)C2c3ccccc3SC12)C(C)(C)C.CC(C)N(c1c(-c2ccc3oc4ccccc4c3c2)cccc1C(C)(C)C)C(C)(C)C.CC(C)N(c1c(-c2cccc3ccccc23)cccc1C(C)(C)C)C(C)(C)C.CC(C)N(c1c(-c2cccc3oc4ccccc4c23)cccc1C(C)(C)C)C(C)(C)C.CC1(C)c2ccccc2C2C(c3ccccc3)=CC=C(N(C(C)(C)C)C(C)(C)C)C21. The number of nitrogens with zero attached hydrogens (tertiary/aromatic N) is 5. The summed E-state index contributed by atoms with van der Waals surface area (Å²) >= 11 is 2.04. The molecule has 8 heteroatoms. The summed E-state index contributed by atoms with van der Waals surface area (Å²) in [6.07, 6.45) is 9.58. The summed E-state index contributed by atoms with van der Waals surface area (Å²) in [6.45, 7) is 88.4.